The third-order valence-corrected chi connectivity index (χ3v) is 3.00. The molecule has 4 heteroatoms. The minimum Gasteiger partial charge on any atom is -0.383 e. The lowest BCUT2D eigenvalue weighted by atomic mass is 9.96. The molecule has 0 heterocycles. The molecular weight excluding hydrogens is 216 g/mol. The van der Waals surface area contributed by atoms with Gasteiger partial charge in [-0.2, -0.15) is 0 Å². The van der Waals surface area contributed by atoms with Crippen molar-refractivity contribution in [3.63, 3.8) is 0 Å². The normalized spacial score (nSPS) is 17.1. The molecule has 0 aromatic carbocycles. The SMILES string of the molecule is CCCC(C)(N)CN(CCOC)C(C)COC. The Bertz CT molecular complexity index is 186. The summed E-state index contributed by atoms with van der Waals surface area (Å²) in [6.07, 6.45) is 2.15. The van der Waals surface area contributed by atoms with Crippen molar-refractivity contribution in [2.24, 2.45) is 5.73 Å². The quantitative estimate of drug-likeness (QED) is 0.634. The van der Waals surface area contributed by atoms with E-state index in [1.807, 2.05) is 0 Å². The second-order valence-electron chi connectivity index (χ2n) is 5.17. The summed E-state index contributed by atoms with van der Waals surface area (Å²) in [5.74, 6) is 0. The van der Waals surface area contributed by atoms with Gasteiger partial charge in [0.05, 0.1) is 13.2 Å². The van der Waals surface area contributed by atoms with Gasteiger partial charge in [-0.1, -0.05) is 13.3 Å². The molecule has 0 rings (SSSR count). The highest BCUT2D eigenvalue weighted by molar-refractivity contribution is 4.84. The summed E-state index contributed by atoms with van der Waals surface area (Å²) in [4.78, 5) is 2.35. The van der Waals surface area contributed by atoms with Gasteiger partial charge in [-0.15, -0.1) is 0 Å². The van der Waals surface area contributed by atoms with E-state index in [4.69, 9.17) is 15.2 Å². The molecule has 0 aliphatic heterocycles. The van der Waals surface area contributed by atoms with Crippen molar-refractivity contribution in [1.29, 1.82) is 0 Å². The second-order valence-corrected chi connectivity index (χ2v) is 5.17. The van der Waals surface area contributed by atoms with Gasteiger partial charge >= 0.3 is 0 Å². The van der Waals surface area contributed by atoms with Gasteiger partial charge in [0.15, 0.2) is 0 Å². The zero-order chi connectivity index (χ0) is 13.3. The Morgan fingerprint density at radius 3 is 2.41 bits per heavy atom. The predicted octanol–water partition coefficient (Wildman–Crippen LogP) is 1.49. The highest BCUT2D eigenvalue weighted by Crippen LogP contribution is 2.13. The van der Waals surface area contributed by atoms with Crippen LogP contribution in [0.4, 0.5) is 0 Å². The molecule has 2 N–H and O–H groups in total. The van der Waals surface area contributed by atoms with Gasteiger partial charge in [-0.25, -0.2) is 0 Å². The summed E-state index contributed by atoms with van der Waals surface area (Å²) >= 11 is 0. The number of ether oxygens (including phenoxy) is 2. The van der Waals surface area contributed by atoms with E-state index in [9.17, 15) is 0 Å². The molecule has 0 aromatic heterocycles. The Hall–Kier alpha value is -0.160. The first-order chi connectivity index (χ1) is 7.96. The lowest BCUT2D eigenvalue weighted by Gasteiger charge is -2.36. The maximum absolute atomic E-state index is 6.31. The summed E-state index contributed by atoms with van der Waals surface area (Å²) in [6.45, 7) is 9.70. The monoisotopic (exact) mass is 246 g/mol. The van der Waals surface area contributed by atoms with Crippen LogP contribution in [0.15, 0.2) is 0 Å². The van der Waals surface area contributed by atoms with Crippen LogP contribution in [0.1, 0.15) is 33.6 Å². The third kappa shape index (κ3) is 7.71. The number of hydrogen-bond acceptors (Lipinski definition) is 4. The van der Waals surface area contributed by atoms with E-state index in [2.05, 4.69) is 25.7 Å². The van der Waals surface area contributed by atoms with Crippen molar-refractivity contribution in [1.82, 2.24) is 4.90 Å². The van der Waals surface area contributed by atoms with E-state index in [1.54, 1.807) is 14.2 Å². The zero-order valence-electron chi connectivity index (χ0n) is 12.2. The molecule has 0 spiro atoms. The van der Waals surface area contributed by atoms with E-state index in [0.717, 1.165) is 39.1 Å². The zero-order valence-corrected chi connectivity index (χ0v) is 12.2. The smallest absolute Gasteiger partial charge is 0.0615 e. The standard InChI is InChI=1S/C13H30N2O2/c1-6-7-13(3,14)11-15(8-9-16-4)12(2)10-17-5/h12H,6-11,14H2,1-5H3. The first-order valence-electron chi connectivity index (χ1n) is 6.47. The van der Waals surface area contributed by atoms with Gasteiger partial charge in [0.25, 0.3) is 0 Å². The maximum atomic E-state index is 6.31. The molecule has 0 saturated heterocycles. The van der Waals surface area contributed by atoms with Gasteiger partial charge in [-0.3, -0.25) is 4.90 Å². The molecule has 0 aromatic rings. The Kier molecular flexibility index (Phi) is 8.78. The van der Waals surface area contributed by atoms with Crippen molar-refractivity contribution in [3.05, 3.63) is 0 Å². The molecule has 0 radical (unpaired) electrons. The summed E-state index contributed by atoms with van der Waals surface area (Å²) in [5, 5.41) is 0. The van der Waals surface area contributed by atoms with Crippen LogP contribution >= 0.6 is 0 Å². The van der Waals surface area contributed by atoms with Gasteiger partial charge in [0.1, 0.15) is 0 Å². The fourth-order valence-corrected chi connectivity index (χ4v) is 2.12. The molecule has 0 bridgehead atoms. The van der Waals surface area contributed by atoms with E-state index in [1.165, 1.54) is 0 Å². The van der Waals surface area contributed by atoms with Crippen LogP contribution in [0, 0.1) is 0 Å². The summed E-state index contributed by atoms with van der Waals surface area (Å²) < 4.78 is 10.4. The molecule has 0 aliphatic rings. The average molecular weight is 246 g/mol. The Morgan fingerprint density at radius 2 is 1.94 bits per heavy atom. The van der Waals surface area contributed by atoms with E-state index in [0.29, 0.717) is 6.04 Å². The minimum absolute atomic E-state index is 0.134. The lowest BCUT2D eigenvalue weighted by molar-refractivity contribution is 0.0610. The van der Waals surface area contributed by atoms with Crippen molar-refractivity contribution < 1.29 is 9.47 Å². The maximum Gasteiger partial charge on any atom is 0.0615 e. The molecule has 2 atom stereocenters. The molecule has 0 amide bonds. The number of rotatable bonds is 10. The average Bonchev–Trinajstić information content (AvgIpc) is 2.24. The number of nitrogens with zero attached hydrogens (tertiary/aromatic N) is 1. The largest absolute Gasteiger partial charge is 0.383 e. The predicted molar refractivity (Wildman–Crippen MR) is 72.3 cm³/mol. The lowest BCUT2D eigenvalue weighted by Crippen LogP contribution is -2.52. The van der Waals surface area contributed by atoms with E-state index in [-0.39, 0.29) is 5.54 Å². The van der Waals surface area contributed by atoms with E-state index >= 15 is 0 Å². The van der Waals surface area contributed by atoms with Crippen LogP contribution in [0.2, 0.25) is 0 Å². The number of hydrogen-bond donors (Lipinski definition) is 1. The van der Waals surface area contributed by atoms with Gasteiger partial charge in [0, 0.05) is 38.9 Å². The fraction of sp³-hybridized carbons (Fsp3) is 1.00. The van der Waals surface area contributed by atoms with E-state index < -0.39 is 0 Å². The van der Waals surface area contributed by atoms with Crippen LogP contribution in [0.5, 0.6) is 0 Å². The van der Waals surface area contributed by atoms with Crippen molar-refractivity contribution in [2.75, 3.05) is 40.5 Å². The summed E-state index contributed by atoms with van der Waals surface area (Å²) in [5.41, 5.74) is 6.18. The molecule has 0 saturated carbocycles. The van der Waals surface area contributed by atoms with Crippen LogP contribution in [-0.2, 0) is 9.47 Å². The summed E-state index contributed by atoms with van der Waals surface area (Å²) in [6, 6.07) is 0.370. The Morgan fingerprint density at radius 1 is 1.29 bits per heavy atom. The van der Waals surface area contributed by atoms with Crippen LogP contribution in [0.25, 0.3) is 0 Å². The van der Waals surface area contributed by atoms with Crippen LogP contribution < -0.4 is 5.73 Å². The van der Waals surface area contributed by atoms with Crippen molar-refractivity contribution in [3.8, 4) is 0 Å². The molecule has 2 unspecified atom stereocenters. The molecule has 17 heavy (non-hydrogen) atoms. The highest BCUT2D eigenvalue weighted by atomic mass is 16.5. The molecule has 4 nitrogen and oxygen atoms in total. The number of nitrogens with two attached hydrogens (primary N) is 1. The second kappa shape index (κ2) is 8.86. The van der Waals surface area contributed by atoms with Crippen molar-refractivity contribution in [2.45, 2.75) is 45.2 Å². The van der Waals surface area contributed by atoms with Gasteiger partial charge in [-0.05, 0) is 20.3 Å². The van der Waals surface area contributed by atoms with Gasteiger partial charge in [0.2, 0.25) is 0 Å². The van der Waals surface area contributed by atoms with Crippen molar-refractivity contribution >= 4 is 0 Å². The van der Waals surface area contributed by atoms with Crippen LogP contribution in [0.3, 0.4) is 0 Å². The first kappa shape index (κ1) is 16.8. The Balaban J connectivity index is 4.35. The molecular formula is C13H30N2O2. The van der Waals surface area contributed by atoms with Gasteiger partial charge < -0.3 is 15.2 Å². The summed E-state index contributed by atoms with van der Waals surface area (Å²) in [7, 11) is 3.46. The molecule has 0 fully saturated rings. The molecule has 0 aliphatic carbocycles. The third-order valence-electron chi connectivity index (χ3n) is 3.00. The molecule has 104 valence electrons. The highest BCUT2D eigenvalue weighted by Gasteiger charge is 2.24. The first-order valence-corrected chi connectivity index (χ1v) is 6.47. The minimum atomic E-state index is -0.134. The fourth-order valence-electron chi connectivity index (χ4n) is 2.12. The van der Waals surface area contributed by atoms with Crippen LogP contribution in [-0.4, -0.2) is 57.0 Å². The Labute approximate surface area is 106 Å². The number of methoxy groups -OCH3 is 2. The topological polar surface area (TPSA) is 47.7 Å².